The average molecular weight is 389 g/mol. The van der Waals surface area contributed by atoms with E-state index in [-0.39, 0.29) is 9.92 Å². The van der Waals surface area contributed by atoms with E-state index in [1.165, 1.54) is 6.07 Å². The number of fused-ring (bicyclic) bond motifs is 1. The number of sulfonamides is 1. The molecule has 3 rings (SSSR count). The van der Waals surface area contributed by atoms with Crippen molar-refractivity contribution in [3.8, 4) is 0 Å². The Kier molecular flexibility index (Phi) is 5.27. The van der Waals surface area contributed by atoms with E-state index in [1.54, 1.807) is 42.5 Å². The number of carbonyl (C=O) groups excluding carboxylic acids is 1. The molecule has 0 unspecified atom stereocenters. The van der Waals surface area contributed by atoms with E-state index in [9.17, 15) is 18.3 Å². The number of carboxylic acids is 1. The van der Waals surface area contributed by atoms with Crippen molar-refractivity contribution in [1.82, 2.24) is 4.72 Å². The summed E-state index contributed by atoms with van der Waals surface area (Å²) in [5.41, 5.74) is 0.378. The maximum Gasteiger partial charge on any atom is 0.241 e. The maximum absolute atomic E-state index is 12.8. The van der Waals surface area contributed by atoms with E-state index in [0.29, 0.717) is 5.56 Å². The van der Waals surface area contributed by atoms with Gasteiger partial charge in [-0.3, -0.25) is 0 Å². The third-order valence-corrected chi connectivity index (χ3v) is 5.79. The molecular weight excluding hydrogens is 374 g/mol. The van der Waals surface area contributed by atoms with E-state index < -0.39 is 28.5 Å². The fourth-order valence-corrected chi connectivity index (χ4v) is 4.25. The first-order valence-electron chi connectivity index (χ1n) is 7.82. The molecule has 0 saturated heterocycles. The van der Waals surface area contributed by atoms with Gasteiger partial charge in [-0.1, -0.05) is 60.1 Å². The summed E-state index contributed by atoms with van der Waals surface area (Å²) in [6.07, 6.45) is -0.531. The molecular formula is C19H15ClNO4S-. The Balaban J connectivity index is 1.98. The molecule has 0 aromatic heterocycles. The number of carboxylic acid groups (broad SMARTS) is 1. The van der Waals surface area contributed by atoms with Crippen LogP contribution in [0, 0.1) is 0 Å². The van der Waals surface area contributed by atoms with Crippen LogP contribution in [-0.4, -0.2) is 14.4 Å². The molecule has 0 saturated carbocycles. The van der Waals surface area contributed by atoms with Gasteiger partial charge in [0, 0.05) is 17.4 Å². The van der Waals surface area contributed by atoms with Gasteiger partial charge in [-0.15, -0.1) is 0 Å². The first-order valence-corrected chi connectivity index (χ1v) is 9.68. The highest BCUT2D eigenvalue weighted by atomic mass is 35.5. The van der Waals surface area contributed by atoms with Crippen molar-refractivity contribution >= 4 is 38.4 Å². The zero-order valence-electron chi connectivity index (χ0n) is 13.6. The third kappa shape index (κ3) is 4.04. The van der Waals surface area contributed by atoms with E-state index in [1.807, 2.05) is 18.2 Å². The summed E-state index contributed by atoms with van der Waals surface area (Å²) < 4.78 is 28.0. The summed E-state index contributed by atoms with van der Waals surface area (Å²) in [5, 5.41) is 13.1. The van der Waals surface area contributed by atoms with Crippen molar-refractivity contribution in [3.05, 3.63) is 77.3 Å². The Morgan fingerprint density at radius 2 is 1.65 bits per heavy atom. The number of aliphatic carboxylic acids is 1. The molecule has 1 N–H and O–H groups in total. The quantitative estimate of drug-likeness (QED) is 0.703. The second-order valence-electron chi connectivity index (χ2n) is 5.78. The molecule has 134 valence electrons. The summed E-state index contributed by atoms with van der Waals surface area (Å²) in [6.45, 7) is 0. The Hall–Kier alpha value is -2.41. The fraction of sp³-hybridized carbons (Fsp3) is 0.105. The zero-order chi connectivity index (χ0) is 18.7. The van der Waals surface area contributed by atoms with Gasteiger partial charge in [0.05, 0.1) is 10.9 Å². The smallest absolute Gasteiger partial charge is 0.241 e. The average Bonchev–Trinajstić information content (AvgIpc) is 2.60. The SMILES string of the molecule is O=C([O-])C[C@@H](NS(=O)(=O)c1ccc2ccccc2c1)c1ccccc1Cl. The molecule has 3 aromatic carbocycles. The molecule has 0 spiro atoms. The highest BCUT2D eigenvalue weighted by molar-refractivity contribution is 7.89. The predicted octanol–water partition coefficient (Wildman–Crippen LogP) is 2.65. The fourth-order valence-electron chi connectivity index (χ4n) is 2.73. The highest BCUT2D eigenvalue weighted by Crippen LogP contribution is 2.27. The van der Waals surface area contributed by atoms with E-state index in [2.05, 4.69) is 4.72 Å². The summed E-state index contributed by atoms with van der Waals surface area (Å²) in [4.78, 5) is 11.2. The number of carbonyl (C=O) groups is 1. The Morgan fingerprint density at radius 1 is 1.00 bits per heavy atom. The number of benzene rings is 3. The van der Waals surface area contributed by atoms with Crippen molar-refractivity contribution in [2.45, 2.75) is 17.4 Å². The number of hydrogen-bond acceptors (Lipinski definition) is 4. The van der Waals surface area contributed by atoms with Gasteiger partial charge in [-0.25, -0.2) is 13.1 Å². The molecule has 0 radical (unpaired) electrons. The lowest BCUT2D eigenvalue weighted by Gasteiger charge is -2.21. The Bertz CT molecular complexity index is 1070. The van der Waals surface area contributed by atoms with Gasteiger partial charge in [0.15, 0.2) is 0 Å². The topological polar surface area (TPSA) is 86.3 Å². The van der Waals surface area contributed by atoms with E-state index in [4.69, 9.17) is 11.6 Å². The van der Waals surface area contributed by atoms with Crippen molar-refractivity contribution < 1.29 is 18.3 Å². The van der Waals surface area contributed by atoms with E-state index >= 15 is 0 Å². The molecule has 5 nitrogen and oxygen atoms in total. The first kappa shape index (κ1) is 18.4. The minimum absolute atomic E-state index is 0.0478. The number of nitrogens with one attached hydrogen (secondary N) is 1. The predicted molar refractivity (Wildman–Crippen MR) is 98.1 cm³/mol. The number of rotatable bonds is 6. The minimum atomic E-state index is -3.96. The van der Waals surface area contributed by atoms with Gasteiger partial charge < -0.3 is 9.90 Å². The van der Waals surface area contributed by atoms with Crippen molar-refractivity contribution in [3.63, 3.8) is 0 Å². The Morgan fingerprint density at radius 3 is 2.35 bits per heavy atom. The summed E-state index contributed by atoms with van der Waals surface area (Å²) in [6, 6.07) is 17.5. The van der Waals surface area contributed by atoms with Gasteiger partial charge >= 0.3 is 0 Å². The zero-order valence-corrected chi connectivity index (χ0v) is 15.1. The second-order valence-corrected chi connectivity index (χ2v) is 7.90. The van der Waals surface area contributed by atoms with Crippen LogP contribution in [0.3, 0.4) is 0 Å². The van der Waals surface area contributed by atoms with Crippen molar-refractivity contribution in [2.24, 2.45) is 0 Å². The van der Waals surface area contributed by atoms with Gasteiger partial charge in [0.1, 0.15) is 0 Å². The molecule has 0 fully saturated rings. The molecule has 0 amide bonds. The largest absolute Gasteiger partial charge is 0.550 e. The van der Waals surface area contributed by atoms with Crippen LogP contribution >= 0.6 is 11.6 Å². The highest BCUT2D eigenvalue weighted by Gasteiger charge is 2.23. The van der Waals surface area contributed by atoms with Crippen LogP contribution in [0.5, 0.6) is 0 Å². The van der Waals surface area contributed by atoms with E-state index in [0.717, 1.165) is 10.8 Å². The van der Waals surface area contributed by atoms with Crippen LogP contribution in [0.15, 0.2) is 71.6 Å². The first-order chi connectivity index (χ1) is 12.4. The number of halogens is 1. The molecule has 0 heterocycles. The lowest BCUT2D eigenvalue weighted by molar-refractivity contribution is -0.306. The molecule has 7 heteroatoms. The van der Waals surface area contributed by atoms with Crippen molar-refractivity contribution in [2.75, 3.05) is 0 Å². The van der Waals surface area contributed by atoms with Gasteiger partial charge in [0.25, 0.3) is 0 Å². The van der Waals surface area contributed by atoms with Crippen LogP contribution in [0.4, 0.5) is 0 Å². The molecule has 0 aliphatic rings. The molecule has 1 atom stereocenters. The van der Waals surface area contributed by atoms with Crippen LogP contribution < -0.4 is 9.83 Å². The molecule has 26 heavy (non-hydrogen) atoms. The van der Waals surface area contributed by atoms with Gasteiger partial charge in [-0.2, -0.15) is 0 Å². The molecule has 3 aromatic rings. The number of hydrogen-bond donors (Lipinski definition) is 1. The van der Waals surface area contributed by atoms with Crippen LogP contribution in [0.2, 0.25) is 5.02 Å². The summed E-state index contributed by atoms with van der Waals surface area (Å²) in [7, 11) is -3.96. The summed E-state index contributed by atoms with van der Waals surface area (Å²) in [5.74, 6) is -1.38. The molecule has 0 aliphatic carbocycles. The molecule has 0 aliphatic heterocycles. The third-order valence-electron chi connectivity index (χ3n) is 3.98. The van der Waals surface area contributed by atoms with Gasteiger partial charge in [0.2, 0.25) is 10.0 Å². The minimum Gasteiger partial charge on any atom is -0.550 e. The van der Waals surface area contributed by atoms with Crippen LogP contribution in [0.25, 0.3) is 10.8 Å². The molecule has 0 bridgehead atoms. The maximum atomic E-state index is 12.8. The lowest BCUT2D eigenvalue weighted by Crippen LogP contribution is -2.34. The van der Waals surface area contributed by atoms with Crippen LogP contribution in [-0.2, 0) is 14.8 Å². The Labute approximate surface area is 156 Å². The lowest BCUT2D eigenvalue weighted by atomic mass is 10.1. The normalized spacial score (nSPS) is 12.8. The summed E-state index contributed by atoms with van der Waals surface area (Å²) >= 11 is 6.11. The standard InChI is InChI=1S/C19H16ClNO4S/c20-17-8-4-3-7-16(17)18(12-19(22)23)21-26(24,25)15-10-9-13-5-1-2-6-14(13)11-15/h1-11,18,21H,12H2,(H,22,23)/p-1/t18-/m1/s1. The second kappa shape index (κ2) is 7.45. The van der Waals surface area contributed by atoms with Gasteiger partial charge in [-0.05, 0) is 34.5 Å². The van der Waals surface area contributed by atoms with Crippen molar-refractivity contribution in [1.29, 1.82) is 0 Å². The monoisotopic (exact) mass is 388 g/mol. The van der Waals surface area contributed by atoms with Crippen LogP contribution in [0.1, 0.15) is 18.0 Å².